The minimum absolute atomic E-state index is 0.0126. The highest BCUT2D eigenvalue weighted by atomic mass is 19.4. The number of nitrogens with zero attached hydrogens (tertiary/aromatic N) is 3. The molecule has 3 aliphatic heterocycles. The Morgan fingerprint density at radius 3 is 2.66 bits per heavy atom. The van der Waals surface area contributed by atoms with Crippen LogP contribution in [-0.2, 0) is 20.9 Å². The smallest absolute Gasteiger partial charge is 0.333 e. The van der Waals surface area contributed by atoms with Gasteiger partial charge in [-0.05, 0) is 37.0 Å². The highest BCUT2D eigenvalue weighted by Crippen LogP contribution is 2.34. The molecule has 0 saturated carbocycles. The number of fused-ring (bicyclic) bond motifs is 2. The van der Waals surface area contributed by atoms with Gasteiger partial charge in [-0.15, -0.1) is 0 Å². The summed E-state index contributed by atoms with van der Waals surface area (Å²) in [5.41, 5.74) is 0.704. The molecule has 3 heterocycles. The summed E-state index contributed by atoms with van der Waals surface area (Å²) < 4.78 is 52.1. The maximum Gasteiger partial charge on any atom is 0.452 e. The molecule has 1 aromatic rings. The molecule has 6 nitrogen and oxygen atoms in total. The number of carbonyl (C=O) groups excluding carboxylic acids is 3. The molecule has 2 amide bonds. The van der Waals surface area contributed by atoms with Gasteiger partial charge in [0.15, 0.2) is 0 Å². The van der Waals surface area contributed by atoms with E-state index < -0.39 is 35.9 Å². The van der Waals surface area contributed by atoms with Crippen LogP contribution in [0.1, 0.15) is 31.7 Å². The lowest BCUT2D eigenvalue weighted by molar-refractivity contribution is -0.177. The van der Waals surface area contributed by atoms with Gasteiger partial charge in [0.05, 0.1) is 12.1 Å². The predicted molar refractivity (Wildman–Crippen MR) is 106 cm³/mol. The zero-order chi connectivity index (χ0) is 23.2. The molecule has 3 fully saturated rings. The number of amides is 2. The third-order valence-electron chi connectivity index (χ3n) is 6.68. The van der Waals surface area contributed by atoms with Crippen molar-refractivity contribution in [3.63, 3.8) is 0 Å². The Morgan fingerprint density at radius 1 is 1.25 bits per heavy atom. The third kappa shape index (κ3) is 4.24. The summed E-state index contributed by atoms with van der Waals surface area (Å²) in [6, 6.07) is 4.19. The van der Waals surface area contributed by atoms with Crippen LogP contribution >= 0.6 is 0 Å². The minimum atomic E-state index is -4.97. The SMILES string of the molecule is C[C@@H](CN1C[C@H]2CC1C(=O)N2Cc1cccc(F)c1)C(=O)N1CCCC1C(=O)C(F)(F)F. The van der Waals surface area contributed by atoms with E-state index in [0.717, 1.165) is 4.90 Å². The van der Waals surface area contributed by atoms with Gasteiger partial charge in [-0.3, -0.25) is 19.3 Å². The van der Waals surface area contributed by atoms with Crippen LogP contribution in [0.15, 0.2) is 24.3 Å². The number of ketones is 1. The molecule has 1 aromatic carbocycles. The molecule has 174 valence electrons. The minimum Gasteiger partial charge on any atom is -0.333 e. The van der Waals surface area contributed by atoms with Crippen molar-refractivity contribution in [3.05, 3.63) is 35.6 Å². The number of halogens is 4. The number of Topliss-reactive ketones (excluding diaryl/α,β-unsaturated/α-hetero) is 1. The number of piperazine rings is 1. The zero-order valence-corrected chi connectivity index (χ0v) is 17.6. The second-order valence-corrected chi connectivity index (χ2v) is 8.91. The average molecular weight is 455 g/mol. The molecule has 3 saturated heterocycles. The molecule has 0 radical (unpaired) electrons. The van der Waals surface area contributed by atoms with Crippen molar-refractivity contribution < 1.29 is 31.9 Å². The topological polar surface area (TPSA) is 60.9 Å². The van der Waals surface area contributed by atoms with Crippen molar-refractivity contribution in [1.82, 2.24) is 14.7 Å². The first-order chi connectivity index (χ1) is 15.1. The van der Waals surface area contributed by atoms with Gasteiger partial charge in [-0.25, -0.2) is 4.39 Å². The highest BCUT2D eigenvalue weighted by molar-refractivity contribution is 5.93. The van der Waals surface area contributed by atoms with Crippen molar-refractivity contribution in [1.29, 1.82) is 0 Å². The number of benzene rings is 1. The first-order valence-electron chi connectivity index (χ1n) is 10.8. The second-order valence-electron chi connectivity index (χ2n) is 8.91. The first kappa shape index (κ1) is 22.7. The normalized spacial score (nSPS) is 26.8. The van der Waals surface area contributed by atoms with Gasteiger partial charge in [-0.1, -0.05) is 19.1 Å². The molecule has 0 spiro atoms. The van der Waals surface area contributed by atoms with E-state index in [1.54, 1.807) is 24.0 Å². The Balaban J connectivity index is 1.36. The van der Waals surface area contributed by atoms with Crippen LogP contribution in [0.5, 0.6) is 0 Å². The van der Waals surface area contributed by atoms with Crippen LogP contribution in [0.4, 0.5) is 17.6 Å². The molecule has 2 unspecified atom stereocenters. The van der Waals surface area contributed by atoms with Crippen LogP contribution in [0, 0.1) is 11.7 Å². The average Bonchev–Trinajstić information content (AvgIpc) is 3.43. The summed E-state index contributed by atoms with van der Waals surface area (Å²) in [6.45, 7) is 2.85. The molecule has 2 bridgehead atoms. The van der Waals surface area contributed by atoms with E-state index in [0.29, 0.717) is 31.5 Å². The number of rotatable bonds is 6. The summed E-state index contributed by atoms with van der Waals surface area (Å²) >= 11 is 0. The van der Waals surface area contributed by atoms with Gasteiger partial charge < -0.3 is 9.80 Å². The highest BCUT2D eigenvalue weighted by Gasteiger charge is 2.51. The summed E-state index contributed by atoms with van der Waals surface area (Å²) in [6.07, 6.45) is -4.00. The first-order valence-corrected chi connectivity index (χ1v) is 10.8. The summed E-state index contributed by atoms with van der Waals surface area (Å²) in [5.74, 6) is -3.45. The fraction of sp³-hybridized carbons (Fsp3) is 0.591. The quantitative estimate of drug-likeness (QED) is 0.618. The molecule has 0 aliphatic carbocycles. The van der Waals surface area contributed by atoms with E-state index in [4.69, 9.17) is 0 Å². The molecular weight excluding hydrogens is 430 g/mol. The second kappa shape index (κ2) is 8.46. The lowest BCUT2D eigenvalue weighted by Crippen LogP contribution is -2.53. The van der Waals surface area contributed by atoms with Gasteiger partial charge >= 0.3 is 6.18 Å². The largest absolute Gasteiger partial charge is 0.452 e. The molecule has 4 atom stereocenters. The standard InChI is InChI=1S/C22H25F4N3O3/c1-13(20(31)28-7-3-6-17(28)19(30)22(24,25)26)10-27-12-16-9-18(27)21(32)29(16)11-14-4-2-5-15(23)8-14/h2,4-5,8,13,16-18H,3,6-7,9-12H2,1H3/t13-,16+,17?,18?/m0/s1. The van der Waals surface area contributed by atoms with Gasteiger partial charge in [-0.2, -0.15) is 13.2 Å². The van der Waals surface area contributed by atoms with Crippen molar-refractivity contribution in [3.8, 4) is 0 Å². The summed E-state index contributed by atoms with van der Waals surface area (Å²) in [5, 5.41) is 0. The van der Waals surface area contributed by atoms with E-state index in [2.05, 4.69) is 0 Å². The number of likely N-dealkylation sites (tertiary alicyclic amines) is 3. The number of hydrogen-bond acceptors (Lipinski definition) is 4. The molecule has 3 aliphatic rings. The Hall–Kier alpha value is -2.49. The van der Waals surface area contributed by atoms with E-state index in [1.165, 1.54) is 12.1 Å². The van der Waals surface area contributed by atoms with Gasteiger partial charge in [0.2, 0.25) is 11.8 Å². The number of carbonyl (C=O) groups is 3. The van der Waals surface area contributed by atoms with Crippen LogP contribution in [-0.4, -0.2) is 76.2 Å². The van der Waals surface area contributed by atoms with Crippen molar-refractivity contribution >= 4 is 17.6 Å². The van der Waals surface area contributed by atoms with Gasteiger partial charge in [0.1, 0.15) is 5.82 Å². The number of alkyl halides is 3. The molecule has 0 N–H and O–H groups in total. The van der Waals surface area contributed by atoms with Crippen LogP contribution < -0.4 is 0 Å². The van der Waals surface area contributed by atoms with Crippen molar-refractivity contribution in [2.24, 2.45) is 5.92 Å². The fourth-order valence-corrected chi connectivity index (χ4v) is 5.18. The summed E-state index contributed by atoms with van der Waals surface area (Å²) in [7, 11) is 0. The van der Waals surface area contributed by atoms with Crippen molar-refractivity contribution in [2.45, 2.75) is 57.0 Å². The van der Waals surface area contributed by atoms with Gasteiger partial charge in [0.25, 0.3) is 5.78 Å². The Morgan fingerprint density at radius 2 is 2.00 bits per heavy atom. The third-order valence-corrected chi connectivity index (χ3v) is 6.68. The lowest BCUT2D eigenvalue weighted by Gasteiger charge is -2.36. The maximum absolute atomic E-state index is 13.4. The zero-order valence-electron chi connectivity index (χ0n) is 17.6. The molecular formula is C22H25F4N3O3. The Labute approximate surface area is 183 Å². The predicted octanol–water partition coefficient (Wildman–Crippen LogP) is 2.37. The molecule has 32 heavy (non-hydrogen) atoms. The fourth-order valence-electron chi connectivity index (χ4n) is 5.18. The molecule has 0 aromatic heterocycles. The van der Waals surface area contributed by atoms with E-state index in [9.17, 15) is 31.9 Å². The van der Waals surface area contributed by atoms with E-state index in [1.807, 2.05) is 4.90 Å². The van der Waals surface area contributed by atoms with E-state index in [-0.39, 0.29) is 37.3 Å². The van der Waals surface area contributed by atoms with Crippen molar-refractivity contribution in [2.75, 3.05) is 19.6 Å². The Kier molecular flexibility index (Phi) is 6.00. The van der Waals surface area contributed by atoms with E-state index >= 15 is 0 Å². The molecule has 4 rings (SSSR count). The monoisotopic (exact) mass is 455 g/mol. The number of hydrogen-bond donors (Lipinski definition) is 0. The maximum atomic E-state index is 13.4. The van der Waals surface area contributed by atoms with Crippen LogP contribution in [0.25, 0.3) is 0 Å². The van der Waals surface area contributed by atoms with Crippen LogP contribution in [0.2, 0.25) is 0 Å². The lowest BCUT2D eigenvalue weighted by atomic mass is 10.1. The van der Waals surface area contributed by atoms with Gasteiger partial charge in [0, 0.05) is 38.1 Å². The summed E-state index contributed by atoms with van der Waals surface area (Å²) in [4.78, 5) is 42.1. The van der Waals surface area contributed by atoms with Crippen LogP contribution in [0.3, 0.4) is 0 Å². The Bertz CT molecular complexity index is 922. The molecule has 10 heteroatoms.